The van der Waals surface area contributed by atoms with Gasteiger partial charge in [-0.1, -0.05) is 6.07 Å². The Morgan fingerprint density at radius 1 is 1.22 bits per heavy atom. The van der Waals surface area contributed by atoms with Gasteiger partial charge in [-0.25, -0.2) is 0 Å². The van der Waals surface area contributed by atoms with Crippen molar-refractivity contribution in [3.63, 3.8) is 0 Å². The summed E-state index contributed by atoms with van der Waals surface area (Å²) in [6.45, 7) is 7.96. The van der Waals surface area contributed by atoms with Gasteiger partial charge in [-0.15, -0.1) is 11.3 Å². The lowest BCUT2D eigenvalue weighted by atomic mass is 10.2. The van der Waals surface area contributed by atoms with Crippen molar-refractivity contribution in [2.45, 2.75) is 13.0 Å². The van der Waals surface area contributed by atoms with Crippen LogP contribution in [0.1, 0.15) is 16.6 Å². The molecule has 0 aromatic carbocycles. The zero-order valence-corrected chi connectivity index (χ0v) is 14.3. The molecule has 1 aromatic rings. The Kier molecular flexibility index (Phi) is 5.30. The Labute approximate surface area is 141 Å². The summed E-state index contributed by atoms with van der Waals surface area (Å²) in [7, 11) is 0. The van der Waals surface area contributed by atoms with Crippen molar-refractivity contribution in [1.82, 2.24) is 20.0 Å². The van der Waals surface area contributed by atoms with Gasteiger partial charge in [0.2, 0.25) is 5.91 Å². The van der Waals surface area contributed by atoms with Crippen molar-refractivity contribution in [2.24, 2.45) is 0 Å². The minimum atomic E-state index is 0.0860. The number of rotatable bonds is 3. The molecular formula is C16H24N4O2S. The number of carbonyl (C=O) groups excluding carboxylic acids is 2. The SMILES string of the molecule is C[C@H]1CNCCN1CC(=O)N1CCN(C(=O)c2cccs2)CC1. The van der Waals surface area contributed by atoms with E-state index < -0.39 is 0 Å². The maximum atomic E-state index is 12.5. The van der Waals surface area contributed by atoms with Crippen LogP contribution in [0.25, 0.3) is 0 Å². The predicted octanol–water partition coefficient (Wildman–Crippen LogP) is 0.326. The van der Waals surface area contributed by atoms with Gasteiger partial charge in [0.25, 0.3) is 5.91 Å². The predicted molar refractivity (Wildman–Crippen MR) is 90.7 cm³/mol. The van der Waals surface area contributed by atoms with E-state index in [0.29, 0.717) is 38.8 Å². The maximum absolute atomic E-state index is 12.5. The first-order valence-corrected chi connectivity index (χ1v) is 9.08. The van der Waals surface area contributed by atoms with Crippen LogP contribution in [-0.2, 0) is 4.79 Å². The first kappa shape index (κ1) is 16.4. The standard InChI is InChI=1S/C16H24N4O2S/c1-13-11-17-4-5-20(13)12-15(21)18-6-8-19(9-7-18)16(22)14-3-2-10-23-14/h2-3,10,13,17H,4-9,11-12H2,1H3/t13-/m0/s1. The molecule has 2 amide bonds. The lowest BCUT2D eigenvalue weighted by Crippen LogP contribution is -2.56. The van der Waals surface area contributed by atoms with Crippen LogP contribution in [0.2, 0.25) is 0 Å². The zero-order valence-electron chi connectivity index (χ0n) is 13.5. The van der Waals surface area contributed by atoms with Crippen LogP contribution in [0.5, 0.6) is 0 Å². The Morgan fingerprint density at radius 3 is 2.61 bits per heavy atom. The lowest BCUT2D eigenvalue weighted by molar-refractivity contribution is -0.134. The summed E-state index contributed by atoms with van der Waals surface area (Å²) in [6.07, 6.45) is 0. The van der Waals surface area contributed by atoms with Gasteiger partial charge in [0.05, 0.1) is 11.4 Å². The molecule has 126 valence electrons. The van der Waals surface area contributed by atoms with Crippen LogP contribution in [0.3, 0.4) is 0 Å². The summed E-state index contributed by atoms with van der Waals surface area (Å²) >= 11 is 1.47. The van der Waals surface area contributed by atoms with E-state index in [1.165, 1.54) is 11.3 Å². The maximum Gasteiger partial charge on any atom is 0.264 e. The molecule has 2 saturated heterocycles. The molecule has 0 saturated carbocycles. The highest BCUT2D eigenvalue weighted by Crippen LogP contribution is 2.14. The van der Waals surface area contributed by atoms with Gasteiger partial charge in [0.1, 0.15) is 0 Å². The van der Waals surface area contributed by atoms with Crippen molar-refractivity contribution in [2.75, 3.05) is 52.4 Å². The Morgan fingerprint density at radius 2 is 1.96 bits per heavy atom. The summed E-state index contributed by atoms with van der Waals surface area (Å²) in [5.74, 6) is 0.268. The molecule has 0 radical (unpaired) electrons. The number of carbonyl (C=O) groups is 2. The van der Waals surface area contributed by atoms with Gasteiger partial charge < -0.3 is 15.1 Å². The highest BCUT2D eigenvalue weighted by atomic mass is 32.1. The quantitative estimate of drug-likeness (QED) is 0.864. The van der Waals surface area contributed by atoms with E-state index in [2.05, 4.69) is 17.1 Å². The van der Waals surface area contributed by atoms with Gasteiger partial charge in [-0.05, 0) is 18.4 Å². The lowest BCUT2D eigenvalue weighted by Gasteiger charge is -2.38. The molecule has 6 nitrogen and oxygen atoms in total. The third-order valence-electron chi connectivity index (χ3n) is 4.63. The zero-order chi connectivity index (χ0) is 16.2. The molecule has 2 aliphatic rings. The number of nitrogens with one attached hydrogen (secondary N) is 1. The molecule has 1 atom stereocenters. The molecule has 0 bridgehead atoms. The second-order valence-electron chi connectivity index (χ2n) is 6.17. The average Bonchev–Trinajstić information content (AvgIpc) is 3.11. The summed E-state index contributed by atoms with van der Waals surface area (Å²) in [4.78, 5) is 31.6. The van der Waals surface area contributed by atoms with Crippen LogP contribution in [0.15, 0.2) is 17.5 Å². The highest BCUT2D eigenvalue weighted by Gasteiger charge is 2.27. The topological polar surface area (TPSA) is 55.9 Å². The number of amides is 2. The third-order valence-corrected chi connectivity index (χ3v) is 5.49. The summed E-state index contributed by atoms with van der Waals surface area (Å²) in [5, 5.41) is 5.26. The molecule has 2 aliphatic heterocycles. The number of hydrogen-bond acceptors (Lipinski definition) is 5. The van der Waals surface area contributed by atoms with Crippen LogP contribution in [0, 0.1) is 0 Å². The van der Waals surface area contributed by atoms with Crippen LogP contribution >= 0.6 is 11.3 Å². The van der Waals surface area contributed by atoms with Crippen LogP contribution in [-0.4, -0.2) is 84.9 Å². The molecule has 0 aliphatic carbocycles. The molecule has 7 heteroatoms. The monoisotopic (exact) mass is 336 g/mol. The molecule has 0 spiro atoms. The summed E-state index contributed by atoms with van der Waals surface area (Å²) < 4.78 is 0. The van der Waals surface area contributed by atoms with E-state index in [9.17, 15) is 9.59 Å². The molecule has 23 heavy (non-hydrogen) atoms. The Balaban J connectivity index is 1.48. The first-order valence-electron chi connectivity index (χ1n) is 8.20. The second kappa shape index (κ2) is 7.42. The van der Waals surface area contributed by atoms with E-state index in [1.54, 1.807) is 0 Å². The van der Waals surface area contributed by atoms with Gasteiger partial charge >= 0.3 is 0 Å². The smallest absolute Gasteiger partial charge is 0.264 e. The van der Waals surface area contributed by atoms with Gasteiger partial charge in [-0.2, -0.15) is 0 Å². The molecule has 3 rings (SSSR count). The van der Waals surface area contributed by atoms with Crippen molar-refractivity contribution in [3.05, 3.63) is 22.4 Å². The van der Waals surface area contributed by atoms with E-state index in [0.717, 1.165) is 24.5 Å². The number of nitrogens with zero attached hydrogens (tertiary/aromatic N) is 3. The number of piperazine rings is 2. The van der Waals surface area contributed by atoms with Gasteiger partial charge in [0.15, 0.2) is 0 Å². The second-order valence-corrected chi connectivity index (χ2v) is 7.12. The van der Waals surface area contributed by atoms with E-state index in [4.69, 9.17) is 0 Å². The first-order chi connectivity index (χ1) is 11.1. The normalized spacial score (nSPS) is 23.1. The summed E-state index contributed by atoms with van der Waals surface area (Å²) in [6, 6.07) is 4.15. The van der Waals surface area contributed by atoms with Crippen molar-refractivity contribution in [3.8, 4) is 0 Å². The highest BCUT2D eigenvalue weighted by molar-refractivity contribution is 7.12. The molecule has 3 heterocycles. The minimum absolute atomic E-state index is 0.0860. The number of hydrogen-bond donors (Lipinski definition) is 1. The minimum Gasteiger partial charge on any atom is -0.338 e. The Hall–Kier alpha value is -1.44. The molecule has 0 unspecified atom stereocenters. The average molecular weight is 336 g/mol. The fourth-order valence-corrected chi connectivity index (χ4v) is 3.80. The van der Waals surface area contributed by atoms with Crippen molar-refractivity contribution < 1.29 is 9.59 Å². The third kappa shape index (κ3) is 3.91. The number of thiophene rings is 1. The van der Waals surface area contributed by atoms with Crippen LogP contribution in [0.4, 0.5) is 0 Å². The molecule has 2 fully saturated rings. The largest absolute Gasteiger partial charge is 0.338 e. The summed E-state index contributed by atoms with van der Waals surface area (Å²) in [5.41, 5.74) is 0. The molecular weight excluding hydrogens is 312 g/mol. The molecule has 1 N–H and O–H groups in total. The van der Waals surface area contributed by atoms with Crippen molar-refractivity contribution >= 4 is 23.2 Å². The Bertz CT molecular complexity index is 540. The fourth-order valence-electron chi connectivity index (χ4n) is 3.11. The van der Waals surface area contributed by atoms with Gasteiger partial charge in [0, 0.05) is 51.9 Å². The van der Waals surface area contributed by atoms with E-state index in [1.807, 2.05) is 27.3 Å². The van der Waals surface area contributed by atoms with Gasteiger partial charge in [-0.3, -0.25) is 14.5 Å². The van der Waals surface area contributed by atoms with Crippen LogP contribution < -0.4 is 5.32 Å². The van der Waals surface area contributed by atoms with E-state index in [-0.39, 0.29) is 11.8 Å². The van der Waals surface area contributed by atoms with E-state index >= 15 is 0 Å². The van der Waals surface area contributed by atoms with Crippen molar-refractivity contribution in [1.29, 1.82) is 0 Å². The molecule has 1 aromatic heterocycles. The fraction of sp³-hybridized carbons (Fsp3) is 0.625.